The number of amides is 1. The first kappa shape index (κ1) is 34.1. The SMILES string of the molecule is O=C(NC1CCCCC1)C(F)(F)OC(F)(F)C(F)(F)OC(F)(F)C(F)(F)OC(F)(F)C(F)(F)OC(F)(F)F. The maximum Gasteiger partial charge on any atom is 0.527 e. The molecule has 1 amide bonds. The Bertz CT molecular complexity index is 825. The van der Waals surface area contributed by atoms with Gasteiger partial charge in [0.15, 0.2) is 0 Å². The summed E-state index contributed by atoms with van der Waals surface area (Å²) < 4.78 is 227. The third-order valence-corrected chi connectivity index (χ3v) is 4.23. The molecule has 6 nitrogen and oxygen atoms in total. The molecule has 0 aromatic rings. The minimum Gasteiger partial charge on any atom is -0.346 e. The maximum atomic E-state index is 13.6. The second kappa shape index (κ2) is 10.6. The Morgan fingerprint density at radius 3 is 1.16 bits per heavy atom. The monoisotopic (exact) mass is 609 g/mol. The van der Waals surface area contributed by atoms with Crippen molar-refractivity contribution in [1.29, 1.82) is 0 Å². The summed E-state index contributed by atoms with van der Waals surface area (Å²) in [6.07, 6.45) is -56.0. The molecule has 0 unspecified atom stereocenters. The van der Waals surface area contributed by atoms with Crippen molar-refractivity contribution in [3.8, 4) is 0 Å². The molecular weight excluding hydrogens is 597 g/mol. The lowest BCUT2D eigenvalue weighted by atomic mass is 9.95. The third kappa shape index (κ3) is 8.31. The van der Waals surface area contributed by atoms with Crippen LogP contribution in [0.1, 0.15) is 32.1 Å². The van der Waals surface area contributed by atoms with E-state index in [1.54, 1.807) is 4.74 Å². The molecule has 1 saturated carbocycles. The van der Waals surface area contributed by atoms with E-state index in [9.17, 15) is 79.4 Å². The van der Waals surface area contributed by atoms with Gasteiger partial charge in [-0.2, -0.15) is 61.5 Å². The number of halogens is 17. The zero-order chi connectivity index (χ0) is 30.2. The Morgan fingerprint density at radius 1 is 0.500 bits per heavy atom. The molecule has 1 aliphatic rings. The molecule has 1 aliphatic carbocycles. The number of hydrogen-bond donors (Lipinski definition) is 1. The van der Waals surface area contributed by atoms with E-state index in [1.165, 1.54) is 14.8 Å². The number of alkyl halides is 17. The van der Waals surface area contributed by atoms with Gasteiger partial charge >= 0.3 is 55.0 Å². The lowest BCUT2D eigenvalue weighted by Gasteiger charge is -2.35. The molecule has 1 rings (SSSR count). The highest BCUT2D eigenvalue weighted by molar-refractivity contribution is 5.82. The second-order valence-corrected chi connectivity index (χ2v) is 7.28. The van der Waals surface area contributed by atoms with Gasteiger partial charge in [0.1, 0.15) is 0 Å². The van der Waals surface area contributed by atoms with Crippen molar-refractivity contribution in [3.63, 3.8) is 0 Å². The van der Waals surface area contributed by atoms with Gasteiger partial charge in [-0.05, 0) is 12.8 Å². The molecule has 0 spiro atoms. The summed E-state index contributed by atoms with van der Waals surface area (Å²) in [5, 5.41) is 1.39. The van der Waals surface area contributed by atoms with E-state index >= 15 is 0 Å². The summed E-state index contributed by atoms with van der Waals surface area (Å²) in [6, 6.07) is -1.10. The number of nitrogens with one attached hydrogen (secondary N) is 1. The number of hydrogen-bond acceptors (Lipinski definition) is 5. The van der Waals surface area contributed by atoms with Gasteiger partial charge in [-0.1, -0.05) is 19.3 Å². The molecular formula is C15H12F17NO5. The van der Waals surface area contributed by atoms with Crippen LogP contribution in [-0.4, -0.2) is 61.1 Å². The zero-order valence-electron chi connectivity index (χ0n) is 17.6. The first-order chi connectivity index (χ1) is 16.6. The Balaban J connectivity index is 3.06. The van der Waals surface area contributed by atoms with E-state index < -0.39 is 61.1 Å². The molecule has 226 valence electrons. The minimum absolute atomic E-state index is 0.0104. The lowest BCUT2D eigenvalue weighted by molar-refractivity contribution is -0.579. The van der Waals surface area contributed by atoms with Crippen molar-refractivity contribution in [2.45, 2.75) is 87.3 Å². The van der Waals surface area contributed by atoms with E-state index in [-0.39, 0.29) is 12.8 Å². The van der Waals surface area contributed by atoms with Crippen molar-refractivity contribution >= 4 is 5.91 Å². The average Bonchev–Trinajstić information content (AvgIpc) is 2.64. The largest absolute Gasteiger partial charge is 0.527 e. The molecule has 38 heavy (non-hydrogen) atoms. The maximum absolute atomic E-state index is 13.6. The smallest absolute Gasteiger partial charge is 0.346 e. The molecule has 0 aliphatic heterocycles. The van der Waals surface area contributed by atoms with Crippen LogP contribution in [0.4, 0.5) is 74.6 Å². The zero-order valence-corrected chi connectivity index (χ0v) is 17.6. The predicted molar refractivity (Wildman–Crippen MR) is 80.0 cm³/mol. The van der Waals surface area contributed by atoms with Crippen LogP contribution in [0.25, 0.3) is 0 Å². The van der Waals surface area contributed by atoms with E-state index in [0.717, 1.165) is 0 Å². The number of ether oxygens (including phenoxy) is 4. The molecule has 0 bridgehead atoms. The highest BCUT2D eigenvalue weighted by Gasteiger charge is 2.77. The van der Waals surface area contributed by atoms with Crippen molar-refractivity contribution < 1.29 is 98.4 Å². The van der Waals surface area contributed by atoms with Gasteiger partial charge in [0.25, 0.3) is 0 Å². The fourth-order valence-electron chi connectivity index (χ4n) is 2.55. The normalized spacial score (nSPS) is 18.0. The summed E-state index contributed by atoms with van der Waals surface area (Å²) >= 11 is 0. The van der Waals surface area contributed by atoms with E-state index in [2.05, 4.69) is 4.74 Å². The Labute approximate surface area is 198 Å². The van der Waals surface area contributed by atoms with E-state index in [0.29, 0.717) is 19.3 Å². The topological polar surface area (TPSA) is 66.0 Å². The quantitative estimate of drug-likeness (QED) is 0.268. The van der Waals surface area contributed by atoms with Crippen molar-refractivity contribution in [2.75, 3.05) is 0 Å². The van der Waals surface area contributed by atoms with Crippen molar-refractivity contribution in [3.05, 3.63) is 0 Å². The molecule has 0 heterocycles. The number of carbonyl (C=O) groups is 1. The third-order valence-electron chi connectivity index (χ3n) is 4.23. The molecule has 1 fully saturated rings. The summed E-state index contributed by atoms with van der Waals surface area (Å²) in [6.45, 7) is 0. The Hall–Kier alpha value is -1.88. The first-order valence-corrected chi connectivity index (χ1v) is 9.40. The Kier molecular flexibility index (Phi) is 9.52. The second-order valence-electron chi connectivity index (χ2n) is 7.28. The van der Waals surface area contributed by atoms with Crippen molar-refractivity contribution in [1.82, 2.24) is 5.32 Å². The molecule has 0 aromatic carbocycles. The van der Waals surface area contributed by atoms with Gasteiger partial charge in [0, 0.05) is 6.04 Å². The summed E-state index contributed by atoms with van der Waals surface area (Å²) in [4.78, 5) is 11.4. The highest BCUT2D eigenvalue weighted by Crippen LogP contribution is 2.51. The van der Waals surface area contributed by atoms with Crippen LogP contribution in [0.2, 0.25) is 0 Å². The minimum atomic E-state index is -7.62. The lowest BCUT2D eigenvalue weighted by Crippen LogP contribution is -2.60. The van der Waals surface area contributed by atoms with Crippen LogP contribution in [0.3, 0.4) is 0 Å². The van der Waals surface area contributed by atoms with E-state index in [4.69, 9.17) is 0 Å². The first-order valence-electron chi connectivity index (χ1n) is 9.40. The predicted octanol–water partition coefficient (Wildman–Crippen LogP) is 6.17. The van der Waals surface area contributed by atoms with Gasteiger partial charge in [-0.3, -0.25) is 4.79 Å². The Morgan fingerprint density at radius 2 is 0.816 bits per heavy atom. The highest BCUT2D eigenvalue weighted by atomic mass is 19.4. The fraction of sp³-hybridized carbons (Fsp3) is 0.933. The van der Waals surface area contributed by atoms with Gasteiger partial charge in [-0.15, -0.1) is 13.2 Å². The van der Waals surface area contributed by atoms with Gasteiger partial charge < -0.3 is 5.32 Å². The average molecular weight is 609 g/mol. The molecule has 23 heteroatoms. The summed E-state index contributed by atoms with van der Waals surface area (Å²) in [7, 11) is 0. The van der Waals surface area contributed by atoms with Crippen LogP contribution < -0.4 is 5.32 Å². The summed E-state index contributed by atoms with van der Waals surface area (Å²) in [5.41, 5.74) is 0. The van der Waals surface area contributed by atoms with Crippen LogP contribution in [0.5, 0.6) is 0 Å². The molecule has 0 atom stereocenters. The van der Waals surface area contributed by atoms with Gasteiger partial charge in [0.2, 0.25) is 0 Å². The van der Waals surface area contributed by atoms with Crippen LogP contribution in [0, 0.1) is 0 Å². The van der Waals surface area contributed by atoms with Crippen LogP contribution in [-0.2, 0) is 23.7 Å². The fourth-order valence-corrected chi connectivity index (χ4v) is 2.55. The van der Waals surface area contributed by atoms with Gasteiger partial charge in [0.05, 0.1) is 0 Å². The molecule has 1 N–H and O–H groups in total. The number of rotatable bonds is 12. The molecule has 0 aromatic heterocycles. The summed E-state index contributed by atoms with van der Waals surface area (Å²) in [5.74, 6) is -2.83. The standard InChI is InChI=1S/C15H12F17NO5/c16-8(17,7(34)33-6-4-2-1-3-5-6)35-9(18,19)10(20,21)36-11(22,23)12(24,25)37-13(26,27)14(28,29)38-15(30,31)32/h6H,1-5H2,(H,33,34). The molecule has 0 saturated heterocycles. The van der Waals surface area contributed by atoms with Gasteiger partial charge in [-0.25, -0.2) is 18.9 Å². The number of carbonyl (C=O) groups excluding carboxylic acids is 1. The van der Waals surface area contributed by atoms with Crippen LogP contribution >= 0.6 is 0 Å². The van der Waals surface area contributed by atoms with E-state index in [1.807, 2.05) is 0 Å². The molecule has 0 radical (unpaired) electrons. The van der Waals surface area contributed by atoms with Crippen molar-refractivity contribution in [2.24, 2.45) is 0 Å². The van der Waals surface area contributed by atoms with Crippen LogP contribution in [0.15, 0.2) is 0 Å².